The molecule has 1 aromatic rings. The van der Waals surface area contributed by atoms with Crippen molar-refractivity contribution in [2.45, 2.75) is 19.0 Å². The van der Waals surface area contributed by atoms with Crippen molar-refractivity contribution in [3.8, 4) is 5.75 Å². The van der Waals surface area contributed by atoms with Crippen LogP contribution in [-0.2, 0) is 11.3 Å². The molecule has 1 aromatic carbocycles. The van der Waals surface area contributed by atoms with E-state index >= 15 is 0 Å². The third kappa shape index (κ3) is 4.12. The predicted octanol–water partition coefficient (Wildman–Crippen LogP) is 2.55. The van der Waals surface area contributed by atoms with Crippen molar-refractivity contribution in [2.75, 3.05) is 18.1 Å². The molecule has 1 heterocycles. The molecule has 1 fully saturated rings. The molecule has 6 heteroatoms. The highest BCUT2D eigenvalue weighted by Gasteiger charge is 2.25. The van der Waals surface area contributed by atoms with Gasteiger partial charge in [-0.3, -0.25) is 9.69 Å². The summed E-state index contributed by atoms with van der Waals surface area (Å²) in [5.41, 5.74) is 0.830. The minimum absolute atomic E-state index is 0.0367. The van der Waals surface area contributed by atoms with Gasteiger partial charge < -0.3 is 10.2 Å². The van der Waals surface area contributed by atoms with E-state index in [0.29, 0.717) is 6.54 Å². The fourth-order valence-electron chi connectivity index (χ4n) is 2.19. The van der Waals surface area contributed by atoms with Crippen LogP contribution >= 0.6 is 27.7 Å². The van der Waals surface area contributed by atoms with Gasteiger partial charge in [-0.1, -0.05) is 15.9 Å². The van der Waals surface area contributed by atoms with Crippen LogP contribution in [-0.4, -0.2) is 45.2 Å². The number of thioether (sulfide) groups is 1. The number of aromatic hydroxyl groups is 1. The Balaban J connectivity index is 2.10. The molecule has 0 aliphatic carbocycles. The van der Waals surface area contributed by atoms with Gasteiger partial charge in [-0.25, -0.2) is 0 Å². The summed E-state index contributed by atoms with van der Waals surface area (Å²) in [6.07, 6.45) is 0.155. The highest BCUT2D eigenvalue weighted by molar-refractivity contribution is 9.10. The van der Waals surface area contributed by atoms with Crippen LogP contribution < -0.4 is 0 Å². The Kier molecular flexibility index (Phi) is 5.13. The second-order valence-corrected chi connectivity index (χ2v) is 6.64. The average Bonchev–Trinajstić information content (AvgIpc) is 2.35. The Morgan fingerprint density at radius 3 is 3.05 bits per heavy atom. The molecule has 1 aliphatic heterocycles. The highest BCUT2D eigenvalue weighted by Crippen LogP contribution is 2.27. The number of halogens is 1. The fraction of sp³-hybridized carbons (Fsp3) is 0.462. The molecule has 0 aromatic heterocycles. The Morgan fingerprint density at radius 1 is 1.53 bits per heavy atom. The third-order valence-corrected chi connectivity index (χ3v) is 4.76. The minimum Gasteiger partial charge on any atom is -0.508 e. The second kappa shape index (κ2) is 6.63. The number of nitrogens with zero attached hydrogens (tertiary/aromatic N) is 1. The zero-order chi connectivity index (χ0) is 13.8. The largest absolute Gasteiger partial charge is 0.508 e. The van der Waals surface area contributed by atoms with Crippen molar-refractivity contribution >= 4 is 33.7 Å². The Hall–Kier alpha value is -0.720. The number of phenolic OH excluding ortho intramolecular Hbond substituents is 1. The van der Waals surface area contributed by atoms with Crippen molar-refractivity contribution in [1.29, 1.82) is 0 Å². The molecule has 1 unspecified atom stereocenters. The normalized spacial score (nSPS) is 20.4. The number of carbonyl (C=O) groups is 1. The summed E-state index contributed by atoms with van der Waals surface area (Å²) in [7, 11) is 0. The van der Waals surface area contributed by atoms with E-state index in [4.69, 9.17) is 5.11 Å². The van der Waals surface area contributed by atoms with Gasteiger partial charge in [0.2, 0.25) is 0 Å². The van der Waals surface area contributed by atoms with E-state index in [1.54, 1.807) is 23.9 Å². The van der Waals surface area contributed by atoms with Gasteiger partial charge in [0.15, 0.2) is 0 Å². The van der Waals surface area contributed by atoms with Gasteiger partial charge in [0, 0.05) is 40.7 Å². The molecule has 2 rings (SSSR count). The van der Waals surface area contributed by atoms with Crippen molar-refractivity contribution < 1.29 is 15.0 Å². The van der Waals surface area contributed by atoms with Crippen molar-refractivity contribution in [2.24, 2.45) is 0 Å². The number of aliphatic carboxylic acids is 1. The molecule has 1 atom stereocenters. The van der Waals surface area contributed by atoms with Crippen LogP contribution in [0.5, 0.6) is 5.75 Å². The Bertz CT molecular complexity index is 469. The van der Waals surface area contributed by atoms with Gasteiger partial charge >= 0.3 is 5.97 Å². The molecule has 19 heavy (non-hydrogen) atoms. The van der Waals surface area contributed by atoms with E-state index in [-0.39, 0.29) is 18.2 Å². The Labute approximate surface area is 124 Å². The summed E-state index contributed by atoms with van der Waals surface area (Å²) in [4.78, 5) is 13.0. The smallest absolute Gasteiger partial charge is 0.304 e. The predicted molar refractivity (Wildman–Crippen MR) is 79.6 cm³/mol. The van der Waals surface area contributed by atoms with E-state index < -0.39 is 5.97 Å². The van der Waals surface area contributed by atoms with E-state index in [1.807, 2.05) is 6.07 Å². The molecular formula is C13H16BrNO3S. The zero-order valence-corrected chi connectivity index (χ0v) is 12.8. The molecule has 0 saturated carbocycles. The van der Waals surface area contributed by atoms with Gasteiger partial charge in [-0.15, -0.1) is 0 Å². The SMILES string of the molecule is O=C(O)CC1CSCCN1Cc1cc(Br)ccc1O. The molecule has 0 amide bonds. The lowest BCUT2D eigenvalue weighted by Gasteiger charge is -2.34. The maximum Gasteiger partial charge on any atom is 0.304 e. The van der Waals surface area contributed by atoms with E-state index in [1.165, 1.54) is 0 Å². The molecule has 2 N–H and O–H groups in total. The van der Waals surface area contributed by atoms with Crippen molar-refractivity contribution in [1.82, 2.24) is 4.90 Å². The van der Waals surface area contributed by atoms with Crippen LogP contribution in [0, 0.1) is 0 Å². The average molecular weight is 346 g/mol. The molecule has 1 aliphatic rings. The summed E-state index contributed by atoms with van der Waals surface area (Å²) >= 11 is 5.18. The molecule has 4 nitrogen and oxygen atoms in total. The van der Waals surface area contributed by atoms with Crippen molar-refractivity contribution in [3.63, 3.8) is 0 Å². The summed E-state index contributed by atoms with van der Waals surface area (Å²) in [5, 5.41) is 18.8. The van der Waals surface area contributed by atoms with Crippen LogP contribution in [0.4, 0.5) is 0 Å². The van der Waals surface area contributed by atoms with Crippen LogP contribution in [0.2, 0.25) is 0 Å². The lowest BCUT2D eigenvalue weighted by atomic mass is 10.1. The molecule has 1 saturated heterocycles. The number of rotatable bonds is 4. The quantitative estimate of drug-likeness (QED) is 0.877. The van der Waals surface area contributed by atoms with Gasteiger partial charge in [-0.05, 0) is 18.2 Å². The molecule has 0 radical (unpaired) electrons. The lowest BCUT2D eigenvalue weighted by Crippen LogP contribution is -2.42. The van der Waals surface area contributed by atoms with Gasteiger partial charge in [0.05, 0.1) is 6.42 Å². The lowest BCUT2D eigenvalue weighted by molar-refractivity contribution is -0.138. The van der Waals surface area contributed by atoms with Gasteiger partial charge in [0.25, 0.3) is 0 Å². The fourth-order valence-corrected chi connectivity index (χ4v) is 3.73. The summed E-state index contributed by atoms with van der Waals surface area (Å²) in [6, 6.07) is 5.37. The van der Waals surface area contributed by atoms with E-state index in [2.05, 4.69) is 20.8 Å². The number of carboxylic acid groups (broad SMARTS) is 1. The molecular weight excluding hydrogens is 330 g/mol. The van der Waals surface area contributed by atoms with Crippen LogP contribution in [0.25, 0.3) is 0 Å². The minimum atomic E-state index is -0.768. The first kappa shape index (κ1) is 14.7. The standard InChI is InChI=1S/C13H16BrNO3S/c14-10-1-2-12(16)9(5-10)7-15-3-4-19-8-11(15)6-13(17)18/h1-2,5,11,16H,3-4,6-8H2,(H,17,18). The number of phenols is 1. The van der Waals surface area contributed by atoms with Crippen LogP contribution in [0.1, 0.15) is 12.0 Å². The Morgan fingerprint density at radius 2 is 2.32 bits per heavy atom. The highest BCUT2D eigenvalue weighted by atomic mass is 79.9. The van der Waals surface area contributed by atoms with Crippen molar-refractivity contribution in [3.05, 3.63) is 28.2 Å². The summed E-state index contributed by atoms with van der Waals surface area (Å²) in [6.45, 7) is 1.44. The van der Waals surface area contributed by atoms with E-state index in [9.17, 15) is 9.90 Å². The van der Waals surface area contributed by atoms with Gasteiger partial charge in [-0.2, -0.15) is 11.8 Å². The molecule has 0 spiro atoms. The van der Waals surface area contributed by atoms with Gasteiger partial charge in [0.1, 0.15) is 5.75 Å². The van der Waals surface area contributed by atoms with E-state index in [0.717, 1.165) is 28.1 Å². The first-order chi connectivity index (χ1) is 9.06. The number of hydrogen-bond donors (Lipinski definition) is 2. The first-order valence-corrected chi connectivity index (χ1v) is 8.02. The summed E-state index contributed by atoms with van der Waals surface area (Å²) < 4.78 is 0.918. The maximum absolute atomic E-state index is 10.9. The van der Waals surface area contributed by atoms with Crippen LogP contribution in [0.15, 0.2) is 22.7 Å². The third-order valence-electron chi connectivity index (χ3n) is 3.17. The zero-order valence-electron chi connectivity index (χ0n) is 10.4. The monoisotopic (exact) mass is 345 g/mol. The molecule has 0 bridgehead atoms. The topological polar surface area (TPSA) is 60.8 Å². The number of benzene rings is 1. The first-order valence-electron chi connectivity index (χ1n) is 6.07. The summed E-state index contributed by atoms with van der Waals surface area (Å²) in [5.74, 6) is 1.33. The number of hydrogen-bond acceptors (Lipinski definition) is 4. The molecule has 104 valence electrons. The second-order valence-electron chi connectivity index (χ2n) is 4.57. The van der Waals surface area contributed by atoms with Crippen LogP contribution in [0.3, 0.4) is 0 Å². The number of carboxylic acids is 1. The maximum atomic E-state index is 10.9.